The molecule has 206 valence electrons. The molecule has 4 heterocycles. The molecule has 4 aromatic rings. The molecule has 1 aliphatic heterocycles. The van der Waals surface area contributed by atoms with Gasteiger partial charge >= 0.3 is 0 Å². The first-order chi connectivity index (χ1) is 19.3. The molecule has 1 aliphatic carbocycles. The van der Waals surface area contributed by atoms with E-state index >= 15 is 0 Å². The summed E-state index contributed by atoms with van der Waals surface area (Å²) in [6, 6.07) is 15.9. The molecule has 0 radical (unpaired) electrons. The number of aryl methyl sites for hydroxylation is 2. The van der Waals surface area contributed by atoms with Crippen molar-refractivity contribution in [2.24, 2.45) is 0 Å². The summed E-state index contributed by atoms with van der Waals surface area (Å²) in [4.78, 5) is 15.2. The first-order valence-electron chi connectivity index (χ1n) is 15.2. The molecule has 6 heteroatoms. The molecule has 2 aliphatic rings. The highest BCUT2D eigenvalue weighted by molar-refractivity contribution is 6.08. The van der Waals surface area contributed by atoms with Gasteiger partial charge in [-0.1, -0.05) is 44.0 Å². The number of unbranched alkanes of at least 4 members (excludes halogenated alkanes) is 2. The van der Waals surface area contributed by atoms with Crippen molar-refractivity contribution in [1.29, 1.82) is 0 Å². The van der Waals surface area contributed by atoms with Crippen molar-refractivity contribution in [3.05, 3.63) is 71.8 Å². The van der Waals surface area contributed by atoms with Crippen LogP contribution in [0.15, 0.2) is 54.9 Å². The molecule has 1 saturated heterocycles. The molecule has 39 heavy (non-hydrogen) atoms. The molecule has 6 rings (SSSR count). The Bertz CT molecular complexity index is 1380. The standard InChI is InChI=1S/C33H43N5O/c1-2-3-6-19-37(31-14-7-10-26-11-8-16-35-32(26)31)25-29-33-28(15-17-34-29)27-12-4-5-13-30(27)38(33)20-9-18-36-21-23-39-24-22-36/h4-5,8,11-13,15-17,31H,2-3,6-7,9-10,14,18-25H2,1H3/t31-/m0/s1. The molecule has 1 atom stereocenters. The van der Waals surface area contributed by atoms with E-state index < -0.39 is 0 Å². The van der Waals surface area contributed by atoms with Gasteiger partial charge in [0.25, 0.3) is 0 Å². The molecule has 3 aromatic heterocycles. The lowest BCUT2D eigenvalue weighted by Crippen LogP contribution is -2.37. The number of nitrogens with zero attached hydrogens (tertiary/aromatic N) is 5. The van der Waals surface area contributed by atoms with Crippen molar-refractivity contribution in [2.75, 3.05) is 39.4 Å². The second-order valence-corrected chi connectivity index (χ2v) is 11.3. The Balaban J connectivity index is 1.34. The summed E-state index contributed by atoms with van der Waals surface area (Å²) < 4.78 is 8.12. The smallest absolute Gasteiger partial charge is 0.0786 e. The van der Waals surface area contributed by atoms with Crippen LogP contribution in [-0.2, 0) is 24.2 Å². The van der Waals surface area contributed by atoms with Crippen molar-refractivity contribution in [3.63, 3.8) is 0 Å². The average Bonchev–Trinajstić information content (AvgIpc) is 3.31. The summed E-state index contributed by atoms with van der Waals surface area (Å²) >= 11 is 0. The van der Waals surface area contributed by atoms with Gasteiger partial charge in [0.15, 0.2) is 0 Å². The van der Waals surface area contributed by atoms with Gasteiger partial charge in [-0.25, -0.2) is 0 Å². The van der Waals surface area contributed by atoms with Gasteiger partial charge in [0.05, 0.1) is 36.2 Å². The van der Waals surface area contributed by atoms with Crippen LogP contribution in [0.2, 0.25) is 0 Å². The Hall–Kier alpha value is -2.80. The SMILES string of the molecule is CCCCCN(Cc1nccc2c3ccccc3n(CCCN3CCOCC3)c12)[C@H]1CCCc2cccnc21. The van der Waals surface area contributed by atoms with E-state index in [1.54, 1.807) is 0 Å². The largest absolute Gasteiger partial charge is 0.379 e. The number of ether oxygens (including phenoxy) is 1. The summed E-state index contributed by atoms with van der Waals surface area (Å²) in [5, 5.41) is 2.67. The monoisotopic (exact) mass is 525 g/mol. The minimum absolute atomic E-state index is 0.364. The number of morpholine rings is 1. The molecule has 0 bridgehead atoms. The van der Waals surface area contributed by atoms with Crippen LogP contribution < -0.4 is 0 Å². The number of fused-ring (bicyclic) bond motifs is 4. The predicted octanol–water partition coefficient (Wildman–Crippen LogP) is 6.38. The van der Waals surface area contributed by atoms with E-state index in [2.05, 4.69) is 63.8 Å². The van der Waals surface area contributed by atoms with Crippen molar-refractivity contribution in [3.8, 4) is 0 Å². The van der Waals surface area contributed by atoms with E-state index in [4.69, 9.17) is 14.7 Å². The lowest BCUT2D eigenvalue weighted by Gasteiger charge is -2.35. The number of aromatic nitrogens is 3. The molecule has 0 amide bonds. The fourth-order valence-corrected chi connectivity index (χ4v) is 6.74. The normalized spacial score (nSPS) is 18.3. The van der Waals surface area contributed by atoms with Crippen LogP contribution in [0.4, 0.5) is 0 Å². The number of pyridine rings is 2. The second-order valence-electron chi connectivity index (χ2n) is 11.3. The maximum Gasteiger partial charge on any atom is 0.0786 e. The highest BCUT2D eigenvalue weighted by atomic mass is 16.5. The van der Waals surface area contributed by atoms with E-state index in [0.717, 1.165) is 65.3 Å². The summed E-state index contributed by atoms with van der Waals surface area (Å²) in [5.41, 5.74) is 6.56. The Kier molecular flexibility index (Phi) is 8.53. The van der Waals surface area contributed by atoms with Gasteiger partial charge in [-0.15, -0.1) is 0 Å². The number of hydrogen-bond donors (Lipinski definition) is 0. The van der Waals surface area contributed by atoms with Gasteiger partial charge in [0, 0.05) is 61.4 Å². The second kappa shape index (κ2) is 12.6. The minimum Gasteiger partial charge on any atom is -0.379 e. The average molecular weight is 526 g/mol. The Morgan fingerprint density at radius 2 is 1.82 bits per heavy atom. The third-order valence-electron chi connectivity index (χ3n) is 8.72. The van der Waals surface area contributed by atoms with Crippen LogP contribution in [0.5, 0.6) is 0 Å². The van der Waals surface area contributed by atoms with Crippen LogP contribution in [0.3, 0.4) is 0 Å². The zero-order valence-corrected chi connectivity index (χ0v) is 23.5. The van der Waals surface area contributed by atoms with E-state index in [-0.39, 0.29) is 0 Å². The Labute approximate surface area is 233 Å². The Morgan fingerprint density at radius 3 is 2.72 bits per heavy atom. The molecular formula is C33H43N5O. The lowest BCUT2D eigenvalue weighted by molar-refractivity contribution is 0.0370. The summed E-state index contributed by atoms with van der Waals surface area (Å²) in [5.74, 6) is 0. The summed E-state index contributed by atoms with van der Waals surface area (Å²) in [6.45, 7) is 10.2. The van der Waals surface area contributed by atoms with Crippen LogP contribution in [0.1, 0.15) is 68.4 Å². The zero-order chi connectivity index (χ0) is 26.4. The molecule has 1 aromatic carbocycles. The predicted molar refractivity (Wildman–Crippen MR) is 159 cm³/mol. The molecular weight excluding hydrogens is 482 g/mol. The fraction of sp³-hybridized carbons (Fsp3) is 0.515. The van der Waals surface area contributed by atoms with Gasteiger partial charge in [-0.3, -0.25) is 19.8 Å². The van der Waals surface area contributed by atoms with Crippen molar-refractivity contribution in [1.82, 2.24) is 24.3 Å². The molecule has 0 unspecified atom stereocenters. The lowest BCUT2D eigenvalue weighted by atomic mass is 9.90. The van der Waals surface area contributed by atoms with Crippen LogP contribution >= 0.6 is 0 Å². The molecule has 0 N–H and O–H groups in total. The Morgan fingerprint density at radius 1 is 0.923 bits per heavy atom. The first-order valence-corrected chi connectivity index (χ1v) is 15.2. The number of benzene rings is 1. The fourth-order valence-electron chi connectivity index (χ4n) is 6.74. The van der Waals surface area contributed by atoms with Gasteiger partial charge in [0.2, 0.25) is 0 Å². The number of hydrogen-bond acceptors (Lipinski definition) is 5. The first kappa shape index (κ1) is 26.4. The van der Waals surface area contributed by atoms with Gasteiger partial charge in [-0.2, -0.15) is 0 Å². The van der Waals surface area contributed by atoms with E-state index in [9.17, 15) is 0 Å². The van der Waals surface area contributed by atoms with E-state index in [1.165, 1.54) is 70.9 Å². The van der Waals surface area contributed by atoms with Crippen LogP contribution in [0.25, 0.3) is 21.8 Å². The van der Waals surface area contributed by atoms with Crippen LogP contribution in [0, 0.1) is 0 Å². The maximum absolute atomic E-state index is 5.56. The number of rotatable bonds is 11. The molecule has 6 nitrogen and oxygen atoms in total. The van der Waals surface area contributed by atoms with Crippen molar-refractivity contribution >= 4 is 21.8 Å². The van der Waals surface area contributed by atoms with Crippen LogP contribution in [-0.4, -0.2) is 63.7 Å². The van der Waals surface area contributed by atoms with Crippen molar-refractivity contribution < 1.29 is 4.74 Å². The number of para-hydroxylation sites is 1. The maximum atomic E-state index is 5.56. The van der Waals surface area contributed by atoms with Gasteiger partial charge < -0.3 is 9.30 Å². The highest BCUT2D eigenvalue weighted by Crippen LogP contribution is 2.36. The van der Waals surface area contributed by atoms with Gasteiger partial charge in [-0.05, 0) is 62.4 Å². The van der Waals surface area contributed by atoms with Gasteiger partial charge in [0.1, 0.15) is 0 Å². The molecule has 1 fully saturated rings. The highest BCUT2D eigenvalue weighted by Gasteiger charge is 2.28. The third-order valence-corrected chi connectivity index (χ3v) is 8.72. The van der Waals surface area contributed by atoms with E-state index in [1.807, 2.05) is 12.4 Å². The zero-order valence-electron chi connectivity index (χ0n) is 23.5. The molecule has 0 spiro atoms. The topological polar surface area (TPSA) is 46.4 Å². The van der Waals surface area contributed by atoms with Crippen molar-refractivity contribution in [2.45, 2.75) is 71.0 Å². The quantitative estimate of drug-likeness (QED) is 0.213. The minimum atomic E-state index is 0.364. The van der Waals surface area contributed by atoms with E-state index in [0.29, 0.717) is 6.04 Å². The summed E-state index contributed by atoms with van der Waals surface area (Å²) in [6.07, 6.45) is 12.4. The summed E-state index contributed by atoms with van der Waals surface area (Å²) in [7, 11) is 0. The molecule has 0 saturated carbocycles. The third kappa shape index (κ3) is 5.74.